The number of nitrogens with zero attached hydrogens (tertiary/aromatic N) is 2. The van der Waals surface area contributed by atoms with Crippen LogP contribution < -0.4 is 5.32 Å². The molecule has 0 aliphatic carbocycles. The average Bonchev–Trinajstić information content (AvgIpc) is 2.29. The Morgan fingerprint density at radius 1 is 1.70 bits per heavy atom. The molecule has 2 rings (SSSR count). The number of nitrogens with one attached hydrogen (secondary N) is 1. The molecular formula is C7H9N3. The zero-order chi connectivity index (χ0) is 7.03. The molecule has 0 bridgehead atoms. The molecule has 0 amide bonds. The van der Waals surface area contributed by atoms with Gasteiger partial charge in [-0.15, -0.1) is 0 Å². The summed E-state index contributed by atoms with van der Waals surface area (Å²) in [4.78, 5) is 8.41. The maximum atomic E-state index is 4.27. The Balaban J connectivity index is 2.41. The van der Waals surface area contributed by atoms with Gasteiger partial charge in [0.15, 0.2) is 0 Å². The van der Waals surface area contributed by atoms with E-state index in [4.69, 9.17) is 0 Å². The number of aliphatic imine (C=N–C) groups is 2. The first-order chi connectivity index (χ1) is 4.81. The van der Waals surface area contributed by atoms with Gasteiger partial charge >= 0.3 is 0 Å². The molecule has 1 unspecified atom stereocenters. The summed E-state index contributed by atoms with van der Waals surface area (Å²) in [5.41, 5.74) is 1.07. The summed E-state index contributed by atoms with van der Waals surface area (Å²) < 4.78 is 0. The van der Waals surface area contributed by atoms with Crippen molar-refractivity contribution in [3.8, 4) is 0 Å². The van der Waals surface area contributed by atoms with Crippen LogP contribution in [0, 0.1) is 0 Å². The lowest BCUT2D eigenvalue weighted by molar-refractivity contribution is 0.571. The van der Waals surface area contributed by atoms with E-state index in [2.05, 4.69) is 22.2 Å². The van der Waals surface area contributed by atoms with Crippen molar-refractivity contribution in [2.24, 2.45) is 9.98 Å². The lowest BCUT2D eigenvalue weighted by Crippen LogP contribution is -2.31. The number of rotatable bonds is 0. The molecule has 3 heteroatoms. The molecule has 2 heterocycles. The van der Waals surface area contributed by atoms with E-state index >= 15 is 0 Å². The summed E-state index contributed by atoms with van der Waals surface area (Å²) in [5, 5.41) is 3.08. The van der Waals surface area contributed by atoms with E-state index in [1.807, 2.05) is 12.3 Å². The predicted octanol–water partition coefficient (Wildman–Crippen LogP) is 0.345. The molecule has 0 aromatic heterocycles. The lowest BCUT2D eigenvalue weighted by Gasteiger charge is -2.21. The second kappa shape index (κ2) is 1.68. The SMILES string of the molecule is CC12CN=CC=C1NC=N2. The highest BCUT2D eigenvalue weighted by Crippen LogP contribution is 2.24. The Morgan fingerprint density at radius 2 is 2.60 bits per heavy atom. The summed E-state index contributed by atoms with van der Waals surface area (Å²) in [6.45, 7) is 2.84. The van der Waals surface area contributed by atoms with E-state index in [0.717, 1.165) is 12.2 Å². The Labute approximate surface area is 59.6 Å². The number of dihydropyridines is 1. The standard InChI is InChI=1S/C7H9N3/c1-7-4-8-3-2-6(7)9-5-10-7/h2-3,5H,4H2,1H3,(H,9,10). The molecule has 0 spiro atoms. The van der Waals surface area contributed by atoms with E-state index in [9.17, 15) is 0 Å². The largest absolute Gasteiger partial charge is 0.348 e. The lowest BCUT2D eigenvalue weighted by atomic mass is 9.98. The highest BCUT2D eigenvalue weighted by atomic mass is 15.1. The summed E-state index contributed by atoms with van der Waals surface area (Å²) in [5.74, 6) is 0. The van der Waals surface area contributed by atoms with Crippen LogP contribution in [0.25, 0.3) is 0 Å². The van der Waals surface area contributed by atoms with Crippen LogP contribution in [0.15, 0.2) is 21.8 Å². The second-order valence-corrected chi connectivity index (χ2v) is 2.75. The van der Waals surface area contributed by atoms with Crippen LogP contribution in [0.4, 0.5) is 0 Å². The van der Waals surface area contributed by atoms with Crippen LogP contribution in [0.5, 0.6) is 0 Å². The van der Waals surface area contributed by atoms with Gasteiger partial charge in [-0.25, -0.2) is 0 Å². The van der Waals surface area contributed by atoms with Gasteiger partial charge in [-0.1, -0.05) is 0 Å². The fourth-order valence-electron chi connectivity index (χ4n) is 1.18. The van der Waals surface area contributed by atoms with Crippen LogP contribution in [0.3, 0.4) is 0 Å². The maximum absolute atomic E-state index is 4.27. The van der Waals surface area contributed by atoms with Gasteiger partial charge in [-0.2, -0.15) is 0 Å². The van der Waals surface area contributed by atoms with Crippen molar-refractivity contribution in [2.45, 2.75) is 12.5 Å². The van der Waals surface area contributed by atoms with Crippen LogP contribution in [-0.4, -0.2) is 24.6 Å². The topological polar surface area (TPSA) is 36.8 Å². The van der Waals surface area contributed by atoms with E-state index < -0.39 is 0 Å². The van der Waals surface area contributed by atoms with Crippen molar-refractivity contribution in [1.82, 2.24) is 5.32 Å². The molecule has 0 aromatic carbocycles. The van der Waals surface area contributed by atoms with Crippen molar-refractivity contribution in [3.63, 3.8) is 0 Å². The van der Waals surface area contributed by atoms with Crippen molar-refractivity contribution in [2.75, 3.05) is 6.54 Å². The Hall–Kier alpha value is -1.12. The smallest absolute Gasteiger partial charge is 0.119 e. The van der Waals surface area contributed by atoms with Crippen molar-refractivity contribution in [3.05, 3.63) is 11.8 Å². The summed E-state index contributed by atoms with van der Waals surface area (Å²) in [6, 6.07) is 0. The molecule has 1 N–H and O–H groups in total. The minimum absolute atomic E-state index is 0.0885. The number of hydrogen-bond acceptors (Lipinski definition) is 3. The van der Waals surface area contributed by atoms with E-state index in [0.29, 0.717) is 0 Å². The molecule has 3 nitrogen and oxygen atoms in total. The fraction of sp³-hybridized carbons (Fsp3) is 0.429. The highest BCUT2D eigenvalue weighted by Gasteiger charge is 2.31. The number of allylic oxidation sites excluding steroid dienone is 1. The molecule has 2 aliphatic heterocycles. The first kappa shape index (κ1) is 5.65. The summed E-state index contributed by atoms with van der Waals surface area (Å²) >= 11 is 0. The third kappa shape index (κ3) is 0.602. The van der Waals surface area contributed by atoms with E-state index in [1.165, 1.54) is 0 Å². The van der Waals surface area contributed by atoms with Crippen LogP contribution >= 0.6 is 0 Å². The molecule has 0 saturated carbocycles. The summed E-state index contributed by atoms with van der Waals surface area (Å²) in [7, 11) is 0. The molecule has 2 aliphatic rings. The third-order valence-corrected chi connectivity index (χ3v) is 1.90. The van der Waals surface area contributed by atoms with Gasteiger partial charge in [-0.3, -0.25) is 9.98 Å². The highest BCUT2D eigenvalue weighted by molar-refractivity contribution is 5.78. The summed E-state index contributed by atoms with van der Waals surface area (Å²) in [6.07, 6.45) is 5.52. The molecular weight excluding hydrogens is 126 g/mol. The van der Waals surface area contributed by atoms with Gasteiger partial charge in [0.05, 0.1) is 12.9 Å². The van der Waals surface area contributed by atoms with Crippen molar-refractivity contribution in [1.29, 1.82) is 0 Å². The van der Waals surface area contributed by atoms with Crippen LogP contribution in [-0.2, 0) is 0 Å². The van der Waals surface area contributed by atoms with Crippen molar-refractivity contribution >= 4 is 12.6 Å². The number of hydrogen-bond donors (Lipinski definition) is 1. The van der Waals surface area contributed by atoms with Crippen molar-refractivity contribution < 1.29 is 0 Å². The zero-order valence-electron chi connectivity index (χ0n) is 5.83. The molecule has 0 saturated heterocycles. The minimum Gasteiger partial charge on any atom is -0.348 e. The minimum atomic E-state index is -0.0885. The zero-order valence-corrected chi connectivity index (χ0v) is 5.83. The average molecular weight is 135 g/mol. The van der Waals surface area contributed by atoms with E-state index in [1.54, 1.807) is 6.34 Å². The monoisotopic (exact) mass is 135 g/mol. The molecule has 0 radical (unpaired) electrons. The Morgan fingerprint density at radius 3 is 3.40 bits per heavy atom. The van der Waals surface area contributed by atoms with Gasteiger partial charge in [-0.05, 0) is 13.0 Å². The van der Waals surface area contributed by atoms with Crippen LogP contribution in [0.2, 0.25) is 0 Å². The predicted molar refractivity (Wildman–Crippen MR) is 41.5 cm³/mol. The maximum Gasteiger partial charge on any atom is 0.119 e. The van der Waals surface area contributed by atoms with Gasteiger partial charge in [0, 0.05) is 11.9 Å². The van der Waals surface area contributed by atoms with Crippen LogP contribution in [0.1, 0.15) is 6.92 Å². The Kier molecular flexibility index (Phi) is 0.952. The van der Waals surface area contributed by atoms with Gasteiger partial charge in [0.1, 0.15) is 5.54 Å². The third-order valence-electron chi connectivity index (χ3n) is 1.90. The molecule has 0 aromatic rings. The molecule has 0 fully saturated rings. The fourth-order valence-corrected chi connectivity index (χ4v) is 1.18. The normalized spacial score (nSPS) is 35.1. The molecule has 10 heavy (non-hydrogen) atoms. The van der Waals surface area contributed by atoms with Gasteiger partial charge < -0.3 is 5.32 Å². The Bertz CT molecular complexity index is 239. The number of fused-ring (bicyclic) bond motifs is 1. The van der Waals surface area contributed by atoms with Gasteiger partial charge in [0.2, 0.25) is 0 Å². The quantitative estimate of drug-likeness (QED) is 0.511. The molecule has 52 valence electrons. The molecule has 1 atom stereocenters. The first-order valence-electron chi connectivity index (χ1n) is 3.32. The first-order valence-corrected chi connectivity index (χ1v) is 3.32. The van der Waals surface area contributed by atoms with E-state index in [-0.39, 0.29) is 5.54 Å². The van der Waals surface area contributed by atoms with Gasteiger partial charge in [0.25, 0.3) is 0 Å². The second-order valence-electron chi connectivity index (χ2n) is 2.75.